The molecule has 2 heterocycles. The molecule has 1 aliphatic heterocycles. The van der Waals surface area contributed by atoms with Crippen LogP contribution in [-0.4, -0.2) is 22.6 Å². The predicted octanol–water partition coefficient (Wildman–Crippen LogP) is 5.34. The maximum Gasteiger partial charge on any atom is 0.326 e. The number of carbonyl (C=O) groups excluding carboxylic acids is 1. The first-order chi connectivity index (χ1) is 14.4. The Morgan fingerprint density at radius 1 is 1.07 bits per heavy atom. The lowest BCUT2D eigenvalue weighted by atomic mass is 9.59. The zero-order valence-electron chi connectivity index (χ0n) is 18.7. The monoisotopic (exact) mass is 406 g/mol. The van der Waals surface area contributed by atoms with Gasteiger partial charge in [-0.15, -0.1) is 0 Å². The van der Waals surface area contributed by atoms with Crippen molar-refractivity contribution in [3.63, 3.8) is 0 Å². The Morgan fingerprint density at radius 3 is 2.40 bits per heavy atom. The van der Waals surface area contributed by atoms with Gasteiger partial charge in [-0.1, -0.05) is 70.2 Å². The maximum absolute atomic E-state index is 12.4. The van der Waals surface area contributed by atoms with E-state index in [9.17, 15) is 4.79 Å². The smallest absolute Gasteiger partial charge is 0.326 e. The highest BCUT2D eigenvalue weighted by atomic mass is 16.6. The SMILES string of the molecule is CC.CC1OC(=O)C2(N)C[C@H](C)C(C)C(/C=C/c3ccc(-c4ccccc4)cn3)C12. The summed E-state index contributed by atoms with van der Waals surface area (Å²) < 4.78 is 5.54. The summed E-state index contributed by atoms with van der Waals surface area (Å²) in [6.45, 7) is 10.4. The molecule has 6 atom stereocenters. The summed E-state index contributed by atoms with van der Waals surface area (Å²) in [6.07, 6.45) is 6.69. The van der Waals surface area contributed by atoms with E-state index < -0.39 is 5.54 Å². The van der Waals surface area contributed by atoms with Gasteiger partial charge in [-0.2, -0.15) is 0 Å². The Bertz CT molecular complexity index is 878. The number of esters is 1. The number of aromatic nitrogens is 1. The number of fused-ring (bicyclic) bond motifs is 1. The fraction of sp³-hybridized carbons (Fsp3) is 0.462. The van der Waals surface area contributed by atoms with Gasteiger partial charge in [-0.25, -0.2) is 0 Å². The van der Waals surface area contributed by atoms with Gasteiger partial charge in [0.15, 0.2) is 0 Å². The van der Waals surface area contributed by atoms with Crippen LogP contribution in [0.4, 0.5) is 0 Å². The molecule has 0 bridgehead atoms. The van der Waals surface area contributed by atoms with E-state index in [1.807, 2.05) is 51.2 Å². The molecule has 160 valence electrons. The van der Waals surface area contributed by atoms with Gasteiger partial charge in [0.1, 0.15) is 11.6 Å². The van der Waals surface area contributed by atoms with Gasteiger partial charge in [0.25, 0.3) is 0 Å². The molecule has 0 radical (unpaired) electrons. The van der Waals surface area contributed by atoms with E-state index in [2.05, 4.69) is 49.2 Å². The molecule has 1 aromatic heterocycles. The van der Waals surface area contributed by atoms with Crippen LogP contribution in [0.3, 0.4) is 0 Å². The first-order valence-corrected chi connectivity index (χ1v) is 11.1. The average molecular weight is 407 g/mol. The molecule has 2 N–H and O–H groups in total. The molecule has 0 spiro atoms. The van der Waals surface area contributed by atoms with E-state index in [0.29, 0.717) is 18.3 Å². The number of allylic oxidation sites excluding steroid dienone is 1. The Morgan fingerprint density at radius 2 is 1.77 bits per heavy atom. The van der Waals surface area contributed by atoms with Crippen molar-refractivity contribution >= 4 is 12.0 Å². The molecule has 1 saturated heterocycles. The highest BCUT2D eigenvalue weighted by Crippen LogP contribution is 2.50. The van der Waals surface area contributed by atoms with Crippen LogP contribution in [0.5, 0.6) is 0 Å². The summed E-state index contributed by atoms with van der Waals surface area (Å²) in [6, 6.07) is 14.3. The van der Waals surface area contributed by atoms with Crippen molar-refractivity contribution < 1.29 is 9.53 Å². The molecule has 30 heavy (non-hydrogen) atoms. The highest BCUT2D eigenvalue weighted by molar-refractivity contribution is 5.84. The molecule has 2 aromatic rings. The van der Waals surface area contributed by atoms with E-state index in [4.69, 9.17) is 10.5 Å². The van der Waals surface area contributed by atoms with Crippen LogP contribution in [0.15, 0.2) is 54.7 Å². The lowest BCUT2D eigenvalue weighted by Gasteiger charge is -2.45. The van der Waals surface area contributed by atoms with Crippen LogP contribution in [0.25, 0.3) is 17.2 Å². The second-order valence-electron chi connectivity index (χ2n) is 8.49. The third-order valence-electron chi connectivity index (χ3n) is 6.74. The quantitative estimate of drug-likeness (QED) is 0.699. The summed E-state index contributed by atoms with van der Waals surface area (Å²) in [5, 5.41) is 0. The van der Waals surface area contributed by atoms with Crippen LogP contribution in [-0.2, 0) is 9.53 Å². The molecular formula is C26H34N2O2. The van der Waals surface area contributed by atoms with E-state index in [1.165, 1.54) is 0 Å². The second-order valence-corrected chi connectivity index (χ2v) is 8.49. The number of nitrogens with zero attached hydrogens (tertiary/aromatic N) is 1. The number of cyclic esters (lactones) is 1. The van der Waals surface area contributed by atoms with E-state index in [0.717, 1.165) is 16.8 Å². The molecule has 1 aliphatic carbocycles. The standard InChI is InChI=1S/C24H28N2O2.C2H6/c1-15-13-24(25)22(17(3)28-23(24)27)21(16(15)2)12-11-20-10-9-19(14-26-20)18-7-5-4-6-8-18;1-2/h4-12,14-17,21-22H,13,25H2,1-3H3;1-2H3/b12-11+;/t15-,16?,17?,21?,22?,24?;/m0./s1. The first-order valence-electron chi connectivity index (χ1n) is 11.1. The van der Waals surface area contributed by atoms with E-state index in [1.54, 1.807) is 0 Å². The molecular weight excluding hydrogens is 372 g/mol. The summed E-state index contributed by atoms with van der Waals surface area (Å²) >= 11 is 0. The number of benzene rings is 1. The molecule has 2 aliphatic rings. The van der Waals surface area contributed by atoms with Gasteiger partial charge in [0.05, 0.1) is 5.69 Å². The van der Waals surface area contributed by atoms with Crippen molar-refractivity contribution in [1.29, 1.82) is 0 Å². The van der Waals surface area contributed by atoms with Crippen LogP contribution in [0.2, 0.25) is 0 Å². The second kappa shape index (κ2) is 9.13. The average Bonchev–Trinajstić information content (AvgIpc) is 2.99. The van der Waals surface area contributed by atoms with Crippen molar-refractivity contribution in [2.45, 2.75) is 52.7 Å². The van der Waals surface area contributed by atoms with Crippen LogP contribution < -0.4 is 5.73 Å². The van der Waals surface area contributed by atoms with Crippen LogP contribution >= 0.6 is 0 Å². The van der Waals surface area contributed by atoms with Gasteiger partial charge >= 0.3 is 5.97 Å². The number of nitrogens with two attached hydrogens (primary N) is 1. The number of hydrogen-bond donors (Lipinski definition) is 1. The zero-order valence-corrected chi connectivity index (χ0v) is 18.7. The number of ether oxygens (including phenoxy) is 1. The highest BCUT2D eigenvalue weighted by Gasteiger charge is 2.60. The molecule has 5 unspecified atom stereocenters. The lowest BCUT2D eigenvalue weighted by Crippen LogP contribution is -2.58. The van der Waals surface area contributed by atoms with Crippen molar-refractivity contribution in [1.82, 2.24) is 4.98 Å². The van der Waals surface area contributed by atoms with Crippen LogP contribution in [0, 0.1) is 23.7 Å². The summed E-state index contributed by atoms with van der Waals surface area (Å²) in [5.41, 5.74) is 8.86. The third-order valence-corrected chi connectivity index (χ3v) is 6.74. The molecule has 2 fully saturated rings. The molecule has 4 heteroatoms. The lowest BCUT2D eigenvalue weighted by molar-refractivity contribution is -0.145. The van der Waals surface area contributed by atoms with Crippen molar-refractivity contribution in [3.8, 4) is 11.1 Å². The summed E-state index contributed by atoms with van der Waals surface area (Å²) in [7, 11) is 0. The maximum atomic E-state index is 12.4. The molecule has 0 amide bonds. The van der Waals surface area contributed by atoms with E-state index >= 15 is 0 Å². The fourth-order valence-electron chi connectivity index (χ4n) is 5.02. The van der Waals surface area contributed by atoms with Gasteiger partial charge in [0, 0.05) is 17.7 Å². The largest absolute Gasteiger partial charge is 0.461 e. The minimum Gasteiger partial charge on any atom is -0.461 e. The zero-order chi connectivity index (χ0) is 21.9. The predicted molar refractivity (Wildman–Crippen MR) is 122 cm³/mol. The Balaban J connectivity index is 0.00000124. The van der Waals surface area contributed by atoms with Gasteiger partial charge in [-0.3, -0.25) is 9.78 Å². The van der Waals surface area contributed by atoms with E-state index in [-0.39, 0.29) is 23.9 Å². The van der Waals surface area contributed by atoms with Crippen LogP contribution in [0.1, 0.15) is 46.7 Å². The molecule has 1 aromatic carbocycles. The number of carbonyl (C=O) groups is 1. The number of hydrogen-bond acceptors (Lipinski definition) is 4. The Hall–Kier alpha value is -2.46. The molecule has 4 rings (SSSR count). The third kappa shape index (κ3) is 4.06. The van der Waals surface area contributed by atoms with Crippen molar-refractivity contribution in [2.24, 2.45) is 29.4 Å². The topological polar surface area (TPSA) is 65.2 Å². The summed E-state index contributed by atoms with van der Waals surface area (Å²) in [4.78, 5) is 17.0. The Kier molecular flexibility index (Phi) is 6.77. The number of rotatable bonds is 3. The number of pyridine rings is 1. The minimum absolute atomic E-state index is 0.00559. The normalized spacial score (nSPS) is 32.9. The van der Waals surface area contributed by atoms with Gasteiger partial charge < -0.3 is 10.5 Å². The van der Waals surface area contributed by atoms with Gasteiger partial charge in [-0.05, 0) is 48.8 Å². The van der Waals surface area contributed by atoms with Gasteiger partial charge in [0.2, 0.25) is 0 Å². The molecule has 1 saturated carbocycles. The molecule has 4 nitrogen and oxygen atoms in total. The minimum atomic E-state index is -0.870. The first kappa shape index (κ1) is 22.2. The Labute approximate surface area is 180 Å². The fourth-order valence-corrected chi connectivity index (χ4v) is 5.02. The van der Waals surface area contributed by atoms with Crippen molar-refractivity contribution in [2.75, 3.05) is 0 Å². The summed E-state index contributed by atoms with van der Waals surface area (Å²) in [5.74, 6) is 0.741. The van der Waals surface area contributed by atoms with Crippen molar-refractivity contribution in [3.05, 3.63) is 60.4 Å².